The van der Waals surface area contributed by atoms with Gasteiger partial charge in [-0.15, -0.1) is 17.0 Å². The topological polar surface area (TPSA) is 17.8 Å². The molecule has 1 aromatic heterocycles. The third-order valence-corrected chi connectivity index (χ3v) is 8.04. The van der Waals surface area contributed by atoms with Gasteiger partial charge in [-0.3, -0.25) is 0 Å². The van der Waals surface area contributed by atoms with Crippen LogP contribution in [0.4, 0.5) is 0 Å². The van der Waals surface area contributed by atoms with Crippen LogP contribution in [-0.4, -0.2) is 9.55 Å². The summed E-state index contributed by atoms with van der Waals surface area (Å²) in [6.07, 6.45) is 43.6. The van der Waals surface area contributed by atoms with Crippen LogP contribution in [0.25, 0.3) is 0 Å². The highest BCUT2D eigenvalue weighted by Gasteiger charge is 2.09. The number of imidazole rings is 1. The minimum absolute atomic E-state index is 0. The maximum Gasteiger partial charge on any atom is 0.0945 e. The van der Waals surface area contributed by atoms with Crippen LogP contribution >= 0.6 is 17.0 Å². The largest absolute Gasteiger partial charge is 0.337 e. The fourth-order valence-corrected chi connectivity index (χ4v) is 5.55. The van der Waals surface area contributed by atoms with Crippen molar-refractivity contribution in [1.82, 2.24) is 9.55 Å². The minimum Gasteiger partial charge on any atom is -0.337 e. The second kappa shape index (κ2) is 29.2. The summed E-state index contributed by atoms with van der Waals surface area (Å²) in [5.41, 5.74) is 0. The molecule has 0 saturated carbocycles. The molecule has 0 aliphatic carbocycles. The van der Waals surface area contributed by atoms with Gasteiger partial charge in [-0.2, -0.15) is 0 Å². The van der Waals surface area contributed by atoms with E-state index in [1.165, 1.54) is 167 Å². The van der Waals surface area contributed by atoms with E-state index >= 15 is 0 Å². The molecule has 2 nitrogen and oxygen atoms in total. The number of hydrogen-bond donors (Lipinski definition) is 0. The van der Waals surface area contributed by atoms with Gasteiger partial charge in [-0.05, 0) is 12.3 Å². The van der Waals surface area contributed by atoms with E-state index in [0.717, 1.165) is 12.5 Å². The summed E-state index contributed by atoms with van der Waals surface area (Å²) in [6.45, 7) is 5.77. The van der Waals surface area contributed by atoms with E-state index in [0.29, 0.717) is 0 Å². The molecule has 0 saturated heterocycles. The highest BCUT2D eigenvalue weighted by atomic mass is 79.9. The van der Waals surface area contributed by atoms with Crippen LogP contribution in [-0.2, 0) is 6.54 Å². The Hall–Kier alpha value is -0.310. The van der Waals surface area contributed by atoms with E-state index in [1.54, 1.807) is 0 Å². The first kappa shape index (κ1) is 35.7. The molecule has 0 aliphatic rings. The quantitative estimate of drug-likeness (QED) is 0.0918. The fraction of sp³-hybridized carbons (Fsp3) is 0.909. The van der Waals surface area contributed by atoms with Gasteiger partial charge in [0, 0.05) is 18.9 Å². The normalized spacial score (nSPS) is 12.1. The highest BCUT2D eigenvalue weighted by Crippen LogP contribution is 2.23. The number of rotatable bonds is 28. The number of halogens is 1. The Labute approximate surface area is 238 Å². The molecule has 0 N–H and O–H groups in total. The maximum atomic E-state index is 4.23. The summed E-state index contributed by atoms with van der Waals surface area (Å²) in [5.74, 6) is 0.916. The molecule has 3 heteroatoms. The van der Waals surface area contributed by atoms with Crippen LogP contribution in [0.3, 0.4) is 0 Å². The van der Waals surface area contributed by atoms with Gasteiger partial charge < -0.3 is 4.57 Å². The fourth-order valence-electron chi connectivity index (χ4n) is 5.55. The van der Waals surface area contributed by atoms with Crippen molar-refractivity contribution in [2.45, 2.75) is 187 Å². The molecular formula is C33H65BrN2. The van der Waals surface area contributed by atoms with Crippen molar-refractivity contribution in [1.29, 1.82) is 0 Å². The van der Waals surface area contributed by atoms with E-state index in [-0.39, 0.29) is 17.0 Å². The van der Waals surface area contributed by atoms with E-state index in [2.05, 4.69) is 29.6 Å². The summed E-state index contributed by atoms with van der Waals surface area (Å²) in [7, 11) is 0. The molecular weight excluding hydrogens is 504 g/mol. The number of aryl methyl sites for hydroxylation is 1. The zero-order valence-electron chi connectivity index (χ0n) is 24.7. The highest BCUT2D eigenvalue weighted by molar-refractivity contribution is 8.93. The van der Waals surface area contributed by atoms with E-state index in [4.69, 9.17) is 0 Å². The van der Waals surface area contributed by atoms with Gasteiger partial charge in [0.05, 0.1) is 6.33 Å². The van der Waals surface area contributed by atoms with E-state index < -0.39 is 0 Å². The second-order valence-corrected chi connectivity index (χ2v) is 11.5. The summed E-state index contributed by atoms with van der Waals surface area (Å²) < 4.78 is 2.27. The Bertz CT molecular complexity index is 502. The van der Waals surface area contributed by atoms with Crippen LogP contribution in [0.2, 0.25) is 0 Å². The predicted molar refractivity (Wildman–Crippen MR) is 167 cm³/mol. The molecule has 1 heterocycles. The summed E-state index contributed by atoms with van der Waals surface area (Å²) in [5, 5.41) is 0. The Morgan fingerprint density at radius 1 is 0.500 bits per heavy atom. The number of hydrogen-bond acceptors (Lipinski definition) is 1. The van der Waals surface area contributed by atoms with Crippen molar-refractivity contribution in [2.24, 2.45) is 5.92 Å². The van der Waals surface area contributed by atoms with Crippen LogP contribution in [0.15, 0.2) is 18.7 Å². The molecule has 0 aliphatic heterocycles. The second-order valence-electron chi connectivity index (χ2n) is 11.5. The van der Waals surface area contributed by atoms with Crippen LogP contribution in [0, 0.1) is 5.92 Å². The van der Waals surface area contributed by atoms with Crippen molar-refractivity contribution < 1.29 is 0 Å². The van der Waals surface area contributed by atoms with Gasteiger partial charge in [0.25, 0.3) is 0 Å². The first-order chi connectivity index (χ1) is 17.4. The van der Waals surface area contributed by atoms with Crippen molar-refractivity contribution >= 4 is 17.0 Å². The molecule has 1 atom stereocenters. The molecule has 1 rings (SSSR count). The maximum absolute atomic E-state index is 4.23. The summed E-state index contributed by atoms with van der Waals surface area (Å²) >= 11 is 0. The minimum atomic E-state index is 0. The summed E-state index contributed by atoms with van der Waals surface area (Å²) in [6, 6.07) is 0. The molecule has 0 fully saturated rings. The molecule has 0 aromatic carbocycles. The SMILES string of the molecule is Br.CCCCCCCCCCCCCCCC(CCCCCCCCCCCC)CCn1ccnc1. The Balaban J connectivity index is 0.0000122. The predicted octanol–water partition coefficient (Wildman–Crippen LogP) is 12.3. The van der Waals surface area contributed by atoms with Gasteiger partial charge >= 0.3 is 0 Å². The van der Waals surface area contributed by atoms with Gasteiger partial charge in [-0.25, -0.2) is 4.98 Å². The van der Waals surface area contributed by atoms with Crippen LogP contribution < -0.4 is 0 Å². The molecule has 36 heavy (non-hydrogen) atoms. The van der Waals surface area contributed by atoms with E-state index in [1.807, 2.05) is 12.5 Å². The first-order valence-electron chi connectivity index (χ1n) is 16.3. The molecule has 214 valence electrons. The molecule has 1 unspecified atom stereocenters. The van der Waals surface area contributed by atoms with Gasteiger partial charge in [-0.1, -0.05) is 174 Å². The third-order valence-electron chi connectivity index (χ3n) is 8.04. The molecule has 0 bridgehead atoms. The molecule has 0 radical (unpaired) electrons. The summed E-state index contributed by atoms with van der Waals surface area (Å²) in [4.78, 5) is 4.23. The number of unbranched alkanes of at least 4 members (excludes halogenated alkanes) is 21. The zero-order chi connectivity index (χ0) is 25.1. The first-order valence-corrected chi connectivity index (χ1v) is 16.3. The Morgan fingerprint density at radius 2 is 0.861 bits per heavy atom. The lowest BCUT2D eigenvalue weighted by molar-refractivity contribution is 0.361. The Morgan fingerprint density at radius 3 is 1.19 bits per heavy atom. The Kier molecular flexibility index (Phi) is 29.0. The smallest absolute Gasteiger partial charge is 0.0945 e. The molecule has 1 aromatic rings. The van der Waals surface area contributed by atoms with E-state index in [9.17, 15) is 0 Å². The molecule has 0 spiro atoms. The van der Waals surface area contributed by atoms with Gasteiger partial charge in [0.2, 0.25) is 0 Å². The number of aromatic nitrogens is 2. The third kappa shape index (κ3) is 24.1. The lowest BCUT2D eigenvalue weighted by Gasteiger charge is -2.17. The standard InChI is InChI=1S/C33H64N2.BrH/c1-3-5-7-9-11-13-15-16-17-19-21-23-25-27-33(28-30-35-31-29-34-32-35)26-24-22-20-18-14-12-10-8-6-4-2;/h29,31-33H,3-28,30H2,1-2H3;1H. The average molecular weight is 570 g/mol. The van der Waals surface area contributed by atoms with Gasteiger partial charge in [0.1, 0.15) is 0 Å². The molecule has 0 amide bonds. The number of nitrogens with zero attached hydrogens (tertiary/aromatic N) is 2. The van der Waals surface area contributed by atoms with Gasteiger partial charge in [0.15, 0.2) is 0 Å². The average Bonchev–Trinajstić information content (AvgIpc) is 3.39. The van der Waals surface area contributed by atoms with Crippen molar-refractivity contribution in [3.05, 3.63) is 18.7 Å². The van der Waals surface area contributed by atoms with Crippen molar-refractivity contribution in [2.75, 3.05) is 0 Å². The van der Waals surface area contributed by atoms with Crippen molar-refractivity contribution in [3.63, 3.8) is 0 Å². The van der Waals surface area contributed by atoms with Crippen molar-refractivity contribution in [3.8, 4) is 0 Å². The monoisotopic (exact) mass is 568 g/mol. The van der Waals surface area contributed by atoms with Crippen LogP contribution in [0.5, 0.6) is 0 Å². The van der Waals surface area contributed by atoms with Crippen LogP contribution in [0.1, 0.15) is 181 Å². The lowest BCUT2D eigenvalue weighted by Crippen LogP contribution is -2.06. The zero-order valence-corrected chi connectivity index (χ0v) is 26.4. The lowest BCUT2D eigenvalue weighted by atomic mass is 9.91.